The van der Waals surface area contributed by atoms with Crippen LogP contribution in [0.4, 0.5) is 0 Å². The molecule has 0 spiro atoms. The van der Waals surface area contributed by atoms with E-state index in [-0.39, 0.29) is 24.4 Å². The van der Waals surface area contributed by atoms with Gasteiger partial charge in [0.2, 0.25) is 0 Å². The van der Waals surface area contributed by atoms with E-state index in [2.05, 4.69) is 0 Å². The van der Waals surface area contributed by atoms with Crippen LogP contribution in [-0.2, 0) is 33.3 Å². The Morgan fingerprint density at radius 3 is 0.595 bits per heavy atom. The Bertz CT molecular complexity index is 454. The molecule has 0 N–H and O–H groups in total. The fourth-order valence-corrected chi connectivity index (χ4v) is 14.3. The number of hydrogen-bond donors (Lipinski definition) is 0. The average Bonchev–Trinajstić information content (AvgIpc) is 2.81. The van der Waals surface area contributed by atoms with E-state index in [0.29, 0.717) is 0 Å². The van der Waals surface area contributed by atoms with Gasteiger partial charge in [-0.3, -0.25) is 0 Å². The number of hydrogen-bond acceptors (Lipinski definition) is 4. The van der Waals surface area contributed by atoms with E-state index >= 15 is 0 Å². The van der Waals surface area contributed by atoms with Crippen molar-refractivity contribution >= 4 is 0 Å². The Kier molecular flexibility index (Phi) is 15.1. The summed E-state index contributed by atoms with van der Waals surface area (Å²) in [6.45, 7) is 0. The Balaban J connectivity index is 1.56. The third-order valence-corrected chi connectivity index (χ3v) is 15.6. The molecule has 4 aliphatic rings. The third kappa shape index (κ3) is 12.0. The standard InChI is InChI=1S/4C8H15O.Zr/c4*9-8-6-4-2-1-3-5-7-8;/h4*8H,1-7H2;/q4*-1;+4. The molecule has 0 aromatic carbocycles. The molecule has 4 rings (SSSR count). The first-order chi connectivity index (χ1) is 18.3. The minimum atomic E-state index is -4.32. The summed E-state index contributed by atoms with van der Waals surface area (Å²) in [5, 5.41) is 0. The second kappa shape index (κ2) is 18.2. The quantitative estimate of drug-likeness (QED) is 0.278. The fraction of sp³-hybridized carbons (Fsp3) is 1.00. The van der Waals surface area contributed by atoms with Crippen LogP contribution in [0, 0.1) is 0 Å². The summed E-state index contributed by atoms with van der Waals surface area (Å²) < 4.78 is 29.1. The summed E-state index contributed by atoms with van der Waals surface area (Å²) >= 11 is -4.32. The second-order valence-corrected chi connectivity index (χ2v) is 17.6. The van der Waals surface area contributed by atoms with Crippen LogP contribution in [0.25, 0.3) is 0 Å². The van der Waals surface area contributed by atoms with Crippen molar-refractivity contribution in [1.29, 1.82) is 0 Å². The molecule has 0 unspecified atom stereocenters. The molecule has 5 heteroatoms. The summed E-state index contributed by atoms with van der Waals surface area (Å²) in [6.07, 6.45) is 36.9. The molecule has 0 saturated heterocycles. The molecule has 0 amide bonds. The Hall–Kier alpha value is 0.723. The molecule has 0 aromatic heterocycles. The molecule has 0 atom stereocenters. The van der Waals surface area contributed by atoms with Crippen molar-refractivity contribution < 1.29 is 33.3 Å². The van der Waals surface area contributed by atoms with E-state index < -0.39 is 22.0 Å². The summed E-state index contributed by atoms with van der Waals surface area (Å²) in [6, 6.07) is 0. The molecule has 4 fully saturated rings. The van der Waals surface area contributed by atoms with Crippen LogP contribution in [-0.4, -0.2) is 24.4 Å². The average molecular weight is 600 g/mol. The second-order valence-electron chi connectivity index (χ2n) is 12.8. The molecule has 4 saturated carbocycles. The van der Waals surface area contributed by atoms with Crippen molar-refractivity contribution in [2.24, 2.45) is 0 Å². The normalized spacial score (nSPS) is 26.6. The zero-order chi connectivity index (χ0) is 25.4. The van der Waals surface area contributed by atoms with Crippen molar-refractivity contribution in [1.82, 2.24) is 0 Å². The van der Waals surface area contributed by atoms with E-state index in [9.17, 15) is 0 Å². The zero-order valence-electron chi connectivity index (χ0n) is 24.2. The maximum atomic E-state index is 7.28. The van der Waals surface area contributed by atoms with Crippen molar-refractivity contribution in [2.75, 3.05) is 0 Å². The van der Waals surface area contributed by atoms with E-state index in [4.69, 9.17) is 11.3 Å². The van der Waals surface area contributed by atoms with Crippen LogP contribution >= 0.6 is 0 Å². The molecular weight excluding hydrogens is 540 g/mol. The summed E-state index contributed by atoms with van der Waals surface area (Å²) in [4.78, 5) is 0. The van der Waals surface area contributed by atoms with Crippen molar-refractivity contribution in [3.63, 3.8) is 0 Å². The van der Waals surface area contributed by atoms with Gasteiger partial charge in [0.05, 0.1) is 0 Å². The van der Waals surface area contributed by atoms with Gasteiger partial charge in [0.25, 0.3) is 0 Å². The van der Waals surface area contributed by atoms with E-state index in [1.165, 1.54) is 128 Å². The van der Waals surface area contributed by atoms with Gasteiger partial charge in [-0.2, -0.15) is 0 Å². The van der Waals surface area contributed by atoms with Crippen LogP contribution in [0.15, 0.2) is 0 Å². The van der Waals surface area contributed by atoms with E-state index in [1.54, 1.807) is 0 Å². The molecule has 0 aromatic rings. The molecule has 0 heterocycles. The van der Waals surface area contributed by atoms with Crippen LogP contribution in [0.5, 0.6) is 0 Å². The SMILES string of the molecule is C1CCCC([O][Zr]([O]C2CCCCCCC2)([O]C2CCCCCCC2)[O]C2CCCCCCC2)CCC1. The molecule has 0 aliphatic heterocycles. The van der Waals surface area contributed by atoms with Gasteiger partial charge in [0.15, 0.2) is 0 Å². The Labute approximate surface area is 236 Å². The topological polar surface area (TPSA) is 36.9 Å². The first-order valence-corrected chi connectivity index (χ1v) is 21.0. The van der Waals surface area contributed by atoms with Gasteiger partial charge in [-0.1, -0.05) is 0 Å². The maximum absolute atomic E-state index is 7.28. The van der Waals surface area contributed by atoms with Crippen LogP contribution in [0.2, 0.25) is 0 Å². The summed E-state index contributed by atoms with van der Waals surface area (Å²) in [7, 11) is 0. The third-order valence-electron chi connectivity index (χ3n) is 9.45. The van der Waals surface area contributed by atoms with Gasteiger partial charge >= 0.3 is 237 Å². The van der Waals surface area contributed by atoms with Crippen molar-refractivity contribution in [3.8, 4) is 0 Å². The molecular formula is C32H60O4Zr. The molecule has 0 bridgehead atoms. The van der Waals surface area contributed by atoms with E-state index in [0.717, 1.165) is 51.4 Å². The first-order valence-electron chi connectivity index (χ1n) is 17.0. The minimum absolute atomic E-state index is 0.270. The predicted octanol–water partition coefficient (Wildman–Crippen LogP) is 10.3. The van der Waals surface area contributed by atoms with Gasteiger partial charge in [-0.15, -0.1) is 0 Å². The monoisotopic (exact) mass is 598 g/mol. The molecule has 216 valence electrons. The molecule has 37 heavy (non-hydrogen) atoms. The van der Waals surface area contributed by atoms with Gasteiger partial charge in [0, 0.05) is 0 Å². The van der Waals surface area contributed by atoms with Gasteiger partial charge in [-0.05, 0) is 0 Å². The van der Waals surface area contributed by atoms with Gasteiger partial charge in [-0.25, -0.2) is 0 Å². The fourth-order valence-electron chi connectivity index (χ4n) is 7.13. The zero-order valence-corrected chi connectivity index (χ0v) is 26.7. The predicted molar refractivity (Wildman–Crippen MR) is 149 cm³/mol. The van der Waals surface area contributed by atoms with Crippen molar-refractivity contribution in [2.45, 2.75) is 204 Å². The van der Waals surface area contributed by atoms with E-state index in [1.807, 2.05) is 0 Å². The summed E-state index contributed by atoms with van der Waals surface area (Å²) in [5.74, 6) is 0. The van der Waals surface area contributed by atoms with Crippen LogP contribution in [0.3, 0.4) is 0 Å². The molecule has 4 aliphatic carbocycles. The first kappa shape index (κ1) is 30.7. The Morgan fingerprint density at radius 2 is 0.405 bits per heavy atom. The molecule has 0 radical (unpaired) electrons. The van der Waals surface area contributed by atoms with Crippen LogP contribution < -0.4 is 0 Å². The van der Waals surface area contributed by atoms with Crippen LogP contribution in [0.1, 0.15) is 180 Å². The summed E-state index contributed by atoms with van der Waals surface area (Å²) in [5.41, 5.74) is 0. The van der Waals surface area contributed by atoms with Crippen molar-refractivity contribution in [3.05, 3.63) is 0 Å². The Morgan fingerprint density at radius 1 is 0.243 bits per heavy atom. The molecule has 4 nitrogen and oxygen atoms in total. The number of rotatable bonds is 8. The van der Waals surface area contributed by atoms with Gasteiger partial charge in [0.1, 0.15) is 0 Å². The van der Waals surface area contributed by atoms with Gasteiger partial charge < -0.3 is 0 Å².